The number of nitrogens with zero attached hydrogens (tertiary/aromatic N) is 2. The minimum absolute atomic E-state index is 0.161. The molecule has 5 heteroatoms. The first-order chi connectivity index (χ1) is 13.4. The van der Waals surface area contributed by atoms with Gasteiger partial charge in [0.05, 0.1) is 24.5 Å². The third kappa shape index (κ3) is 5.68. The fraction of sp³-hybridized carbons (Fsp3) is 0.739. The van der Waals surface area contributed by atoms with Crippen LogP contribution in [-0.2, 0) is 4.74 Å². The molecular weight excluding hydrogens is 355 g/mol. The van der Waals surface area contributed by atoms with Crippen LogP contribution < -0.4 is 4.90 Å². The van der Waals surface area contributed by atoms with Crippen LogP contribution in [-0.4, -0.2) is 61.5 Å². The highest BCUT2D eigenvalue weighted by Crippen LogP contribution is 2.35. The van der Waals surface area contributed by atoms with Gasteiger partial charge in [-0.25, -0.2) is 4.39 Å². The Hall–Kier alpha value is -1.17. The van der Waals surface area contributed by atoms with Crippen LogP contribution in [0, 0.1) is 23.6 Å². The molecule has 28 heavy (non-hydrogen) atoms. The lowest BCUT2D eigenvalue weighted by atomic mass is 9.75. The molecule has 1 saturated heterocycles. The quantitative estimate of drug-likeness (QED) is 0.766. The fourth-order valence-electron chi connectivity index (χ4n) is 4.77. The van der Waals surface area contributed by atoms with E-state index in [1.54, 1.807) is 6.07 Å². The SMILES string of the molecule is CC(C)[C@@H]1CC[C@H](C)C[C@H]1OC[C@H](O)CN1CCN(c2ccccc2F)CC1. The van der Waals surface area contributed by atoms with Crippen molar-refractivity contribution in [3.8, 4) is 0 Å². The molecule has 0 spiro atoms. The highest BCUT2D eigenvalue weighted by Gasteiger charge is 2.32. The van der Waals surface area contributed by atoms with E-state index in [9.17, 15) is 9.50 Å². The average Bonchev–Trinajstić information content (AvgIpc) is 2.67. The predicted octanol–water partition coefficient (Wildman–Crippen LogP) is 3.79. The lowest BCUT2D eigenvalue weighted by Crippen LogP contribution is -2.49. The number of anilines is 1. The summed E-state index contributed by atoms with van der Waals surface area (Å²) < 4.78 is 20.2. The molecule has 1 aromatic rings. The lowest BCUT2D eigenvalue weighted by Gasteiger charge is -2.39. The van der Waals surface area contributed by atoms with E-state index in [1.807, 2.05) is 12.1 Å². The number of β-amino-alcohol motifs (C(OH)–C–C–N with tert-alkyl or cyclic N) is 1. The maximum Gasteiger partial charge on any atom is 0.146 e. The fourth-order valence-corrected chi connectivity index (χ4v) is 4.77. The van der Waals surface area contributed by atoms with Gasteiger partial charge in [-0.1, -0.05) is 39.3 Å². The van der Waals surface area contributed by atoms with Gasteiger partial charge < -0.3 is 14.7 Å². The molecule has 1 N–H and O–H groups in total. The zero-order valence-corrected chi connectivity index (χ0v) is 17.7. The number of hydrogen-bond acceptors (Lipinski definition) is 4. The Labute approximate surface area is 169 Å². The molecule has 3 rings (SSSR count). The molecule has 1 aliphatic heterocycles. The first-order valence-electron chi connectivity index (χ1n) is 11.0. The molecule has 0 bridgehead atoms. The monoisotopic (exact) mass is 392 g/mol. The Morgan fingerprint density at radius 2 is 1.86 bits per heavy atom. The normalized spacial score (nSPS) is 27.9. The number of hydrogen-bond donors (Lipinski definition) is 1. The van der Waals surface area contributed by atoms with Crippen LogP contribution >= 0.6 is 0 Å². The summed E-state index contributed by atoms with van der Waals surface area (Å²) in [5.41, 5.74) is 0.678. The van der Waals surface area contributed by atoms with E-state index in [0.717, 1.165) is 32.6 Å². The van der Waals surface area contributed by atoms with Crippen LogP contribution in [0.3, 0.4) is 0 Å². The molecule has 4 atom stereocenters. The first kappa shape index (κ1) is 21.5. The summed E-state index contributed by atoms with van der Waals surface area (Å²) in [7, 11) is 0. The minimum atomic E-state index is -0.468. The number of aliphatic hydroxyl groups is 1. The maximum absolute atomic E-state index is 14.0. The van der Waals surface area contributed by atoms with Gasteiger partial charge in [-0.15, -0.1) is 0 Å². The highest BCUT2D eigenvalue weighted by molar-refractivity contribution is 5.47. The van der Waals surface area contributed by atoms with Crippen molar-refractivity contribution >= 4 is 5.69 Å². The van der Waals surface area contributed by atoms with E-state index in [2.05, 4.69) is 30.6 Å². The third-order valence-corrected chi connectivity index (χ3v) is 6.50. The van der Waals surface area contributed by atoms with Crippen LogP contribution in [0.2, 0.25) is 0 Å². The Morgan fingerprint density at radius 1 is 1.14 bits per heavy atom. The van der Waals surface area contributed by atoms with E-state index in [4.69, 9.17) is 4.74 Å². The number of aliphatic hydroxyl groups excluding tert-OH is 1. The van der Waals surface area contributed by atoms with Crippen LogP contribution in [0.25, 0.3) is 0 Å². The van der Waals surface area contributed by atoms with Gasteiger partial charge in [0.25, 0.3) is 0 Å². The van der Waals surface area contributed by atoms with Gasteiger partial charge in [-0.05, 0) is 42.7 Å². The van der Waals surface area contributed by atoms with Crippen molar-refractivity contribution in [2.24, 2.45) is 17.8 Å². The van der Waals surface area contributed by atoms with Crippen molar-refractivity contribution in [1.29, 1.82) is 0 Å². The number of halogens is 1. The second kappa shape index (κ2) is 10.0. The Bertz CT molecular complexity index is 604. The third-order valence-electron chi connectivity index (χ3n) is 6.50. The zero-order chi connectivity index (χ0) is 20.1. The molecule has 1 aromatic carbocycles. The number of piperazine rings is 1. The van der Waals surface area contributed by atoms with Gasteiger partial charge in [0.15, 0.2) is 0 Å². The second-order valence-corrected chi connectivity index (χ2v) is 9.09. The lowest BCUT2D eigenvalue weighted by molar-refractivity contribution is -0.0740. The molecule has 0 amide bonds. The molecule has 4 nitrogen and oxygen atoms in total. The predicted molar refractivity (Wildman–Crippen MR) is 112 cm³/mol. The van der Waals surface area contributed by atoms with Gasteiger partial charge in [0.2, 0.25) is 0 Å². The molecule has 0 radical (unpaired) electrons. The maximum atomic E-state index is 14.0. The van der Waals surface area contributed by atoms with Crippen LogP contribution in [0.4, 0.5) is 10.1 Å². The Morgan fingerprint density at radius 3 is 2.54 bits per heavy atom. The average molecular weight is 393 g/mol. The van der Waals surface area contributed by atoms with Crippen molar-refractivity contribution in [3.05, 3.63) is 30.1 Å². The van der Waals surface area contributed by atoms with E-state index in [0.29, 0.717) is 36.6 Å². The molecule has 2 fully saturated rings. The van der Waals surface area contributed by atoms with Crippen LogP contribution in [0.1, 0.15) is 40.0 Å². The molecule has 0 unspecified atom stereocenters. The molecule has 0 aromatic heterocycles. The standard InChI is InChI=1S/C23H37FN2O2/c1-17(2)20-9-8-18(3)14-23(20)28-16-19(27)15-25-10-12-26(13-11-25)22-7-5-4-6-21(22)24/h4-7,17-20,23,27H,8-16H2,1-3H3/t18-,19+,20-,23+/m0/s1. The van der Waals surface area contributed by atoms with Crippen LogP contribution in [0.15, 0.2) is 24.3 Å². The highest BCUT2D eigenvalue weighted by atomic mass is 19.1. The van der Waals surface area contributed by atoms with Gasteiger partial charge in [-0.3, -0.25) is 4.90 Å². The second-order valence-electron chi connectivity index (χ2n) is 9.09. The minimum Gasteiger partial charge on any atom is -0.389 e. The number of para-hydroxylation sites is 1. The Balaban J connectivity index is 1.42. The summed E-state index contributed by atoms with van der Waals surface area (Å²) in [6, 6.07) is 6.95. The molecule has 1 aliphatic carbocycles. The molecular formula is C23H37FN2O2. The van der Waals surface area contributed by atoms with Gasteiger partial charge in [0.1, 0.15) is 5.82 Å². The summed E-state index contributed by atoms with van der Waals surface area (Å²) in [6.45, 7) is 11.1. The summed E-state index contributed by atoms with van der Waals surface area (Å²) in [6.07, 6.45) is 3.44. The summed E-state index contributed by atoms with van der Waals surface area (Å²) in [4.78, 5) is 4.35. The van der Waals surface area contributed by atoms with E-state index >= 15 is 0 Å². The zero-order valence-electron chi connectivity index (χ0n) is 17.7. The van der Waals surface area contributed by atoms with Crippen molar-refractivity contribution in [2.75, 3.05) is 44.2 Å². The summed E-state index contributed by atoms with van der Waals surface area (Å²) in [5, 5.41) is 10.5. The first-order valence-corrected chi connectivity index (χ1v) is 11.0. The molecule has 2 aliphatic rings. The van der Waals surface area contributed by atoms with Crippen molar-refractivity contribution in [1.82, 2.24) is 4.90 Å². The summed E-state index contributed by atoms with van der Waals surface area (Å²) >= 11 is 0. The number of benzene rings is 1. The van der Waals surface area contributed by atoms with Gasteiger partial charge in [-0.2, -0.15) is 0 Å². The van der Waals surface area contributed by atoms with Crippen LogP contribution in [0.5, 0.6) is 0 Å². The Kier molecular flexibility index (Phi) is 7.72. The van der Waals surface area contributed by atoms with Crippen molar-refractivity contribution in [3.63, 3.8) is 0 Å². The smallest absolute Gasteiger partial charge is 0.146 e. The number of ether oxygens (including phenoxy) is 1. The molecule has 1 saturated carbocycles. The number of rotatable bonds is 7. The largest absolute Gasteiger partial charge is 0.389 e. The summed E-state index contributed by atoms with van der Waals surface area (Å²) in [5.74, 6) is 1.78. The van der Waals surface area contributed by atoms with Crippen molar-refractivity contribution in [2.45, 2.75) is 52.2 Å². The van der Waals surface area contributed by atoms with Gasteiger partial charge in [0, 0.05) is 32.7 Å². The van der Waals surface area contributed by atoms with E-state index < -0.39 is 6.10 Å². The molecule has 1 heterocycles. The van der Waals surface area contributed by atoms with Crippen molar-refractivity contribution < 1.29 is 14.2 Å². The van der Waals surface area contributed by atoms with E-state index in [-0.39, 0.29) is 11.9 Å². The topological polar surface area (TPSA) is 35.9 Å². The van der Waals surface area contributed by atoms with E-state index in [1.165, 1.54) is 18.9 Å². The van der Waals surface area contributed by atoms with Gasteiger partial charge >= 0.3 is 0 Å². The molecule has 158 valence electrons.